The number of nitrogens with one attached hydrogen (secondary N) is 1. The lowest BCUT2D eigenvalue weighted by atomic mass is 10.0. The molecule has 3 rings (SSSR count). The van der Waals surface area contributed by atoms with Gasteiger partial charge in [-0.2, -0.15) is 0 Å². The lowest BCUT2D eigenvalue weighted by Gasteiger charge is -2.16. The molecule has 1 fully saturated rings. The first-order valence-electron chi connectivity index (χ1n) is 9.41. The van der Waals surface area contributed by atoms with Gasteiger partial charge in [-0.05, 0) is 17.9 Å². The van der Waals surface area contributed by atoms with E-state index in [1.165, 1.54) is 4.90 Å². The van der Waals surface area contributed by atoms with Crippen LogP contribution >= 0.6 is 0 Å². The highest BCUT2D eigenvalue weighted by Gasteiger charge is 2.38. The largest absolute Gasteiger partial charge is 0.352 e. The van der Waals surface area contributed by atoms with Crippen LogP contribution in [0.4, 0.5) is 5.95 Å². The van der Waals surface area contributed by atoms with Crippen LogP contribution in [-0.2, 0) is 11.3 Å². The fourth-order valence-corrected chi connectivity index (χ4v) is 2.99. The molecular formula is C21H27N5O2. The van der Waals surface area contributed by atoms with Gasteiger partial charge in [-0.15, -0.1) is 0 Å². The van der Waals surface area contributed by atoms with Crippen molar-refractivity contribution in [2.24, 2.45) is 11.8 Å². The maximum absolute atomic E-state index is 12.5. The first kappa shape index (κ1) is 19.8. The van der Waals surface area contributed by atoms with E-state index in [1.54, 1.807) is 25.2 Å². The van der Waals surface area contributed by atoms with E-state index < -0.39 is 0 Å². The number of benzene rings is 1. The van der Waals surface area contributed by atoms with E-state index in [9.17, 15) is 9.59 Å². The molecule has 0 aliphatic heterocycles. The molecule has 1 aromatic heterocycles. The van der Waals surface area contributed by atoms with E-state index in [0.29, 0.717) is 29.7 Å². The standard InChI is InChI=1S/C21H27N5O2/c1-13-10-16(13)19(27)22-11-14-6-8-15(9-7-14)18-17(20(28)25(2)3)12-23-21(24-18)26(4)5/h6-9,12-13,16H,10-11H2,1-5H3,(H,22,27). The number of nitrogens with zero attached hydrogens (tertiary/aromatic N) is 4. The average Bonchev–Trinajstić information content (AvgIpc) is 3.42. The normalized spacial score (nSPS) is 17.8. The van der Waals surface area contributed by atoms with Crippen molar-refractivity contribution in [3.8, 4) is 11.3 Å². The molecular weight excluding hydrogens is 354 g/mol. The van der Waals surface area contributed by atoms with E-state index in [-0.39, 0.29) is 17.7 Å². The van der Waals surface area contributed by atoms with Crippen LogP contribution in [-0.4, -0.2) is 54.9 Å². The predicted molar refractivity (Wildman–Crippen MR) is 109 cm³/mol. The molecule has 0 saturated heterocycles. The second-order valence-corrected chi connectivity index (χ2v) is 7.76. The molecule has 1 aromatic carbocycles. The highest BCUT2D eigenvalue weighted by Crippen LogP contribution is 2.37. The van der Waals surface area contributed by atoms with E-state index >= 15 is 0 Å². The topological polar surface area (TPSA) is 78.4 Å². The number of hydrogen-bond donors (Lipinski definition) is 1. The Labute approximate surface area is 165 Å². The molecule has 1 aliphatic carbocycles. The lowest BCUT2D eigenvalue weighted by molar-refractivity contribution is -0.122. The van der Waals surface area contributed by atoms with Crippen LogP contribution in [0.5, 0.6) is 0 Å². The zero-order valence-electron chi connectivity index (χ0n) is 17.1. The molecule has 0 spiro atoms. The van der Waals surface area contributed by atoms with Crippen molar-refractivity contribution in [3.63, 3.8) is 0 Å². The van der Waals surface area contributed by atoms with Crippen LogP contribution in [0.2, 0.25) is 0 Å². The smallest absolute Gasteiger partial charge is 0.257 e. The Kier molecular flexibility index (Phi) is 5.63. The van der Waals surface area contributed by atoms with Crippen LogP contribution in [0.15, 0.2) is 30.5 Å². The van der Waals surface area contributed by atoms with Gasteiger partial charge in [0.2, 0.25) is 11.9 Å². The van der Waals surface area contributed by atoms with Gasteiger partial charge in [-0.25, -0.2) is 9.97 Å². The minimum Gasteiger partial charge on any atom is -0.352 e. The van der Waals surface area contributed by atoms with Gasteiger partial charge < -0.3 is 15.1 Å². The van der Waals surface area contributed by atoms with Crippen molar-refractivity contribution < 1.29 is 9.59 Å². The van der Waals surface area contributed by atoms with Gasteiger partial charge in [0, 0.05) is 52.4 Å². The third-order valence-electron chi connectivity index (χ3n) is 4.95. The van der Waals surface area contributed by atoms with Gasteiger partial charge in [0.25, 0.3) is 5.91 Å². The van der Waals surface area contributed by atoms with Gasteiger partial charge >= 0.3 is 0 Å². The summed E-state index contributed by atoms with van der Waals surface area (Å²) in [6, 6.07) is 7.76. The fourth-order valence-electron chi connectivity index (χ4n) is 2.99. The third-order valence-corrected chi connectivity index (χ3v) is 4.95. The molecule has 7 nitrogen and oxygen atoms in total. The summed E-state index contributed by atoms with van der Waals surface area (Å²) in [7, 11) is 7.13. The van der Waals surface area contributed by atoms with E-state index in [1.807, 2.05) is 38.4 Å². The Bertz CT molecular complexity index is 877. The molecule has 1 heterocycles. The Morgan fingerprint density at radius 1 is 1.14 bits per heavy atom. The highest BCUT2D eigenvalue weighted by molar-refractivity contribution is 5.99. The Morgan fingerprint density at radius 2 is 1.79 bits per heavy atom. The quantitative estimate of drug-likeness (QED) is 0.830. The molecule has 2 atom stereocenters. The Morgan fingerprint density at radius 3 is 2.32 bits per heavy atom. The van der Waals surface area contributed by atoms with Crippen molar-refractivity contribution in [3.05, 3.63) is 41.6 Å². The molecule has 28 heavy (non-hydrogen) atoms. The average molecular weight is 381 g/mol. The molecule has 1 aliphatic rings. The van der Waals surface area contributed by atoms with Gasteiger partial charge in [0.1, 0.15) is 0 Å². The van der Waals surface area contributed by atoms with E-state index in [4.69, 9.17) is 0 Å². The molecule has 2 aromatic rings. The first-order valence-corrected chi connectivity index (χ1v) is 9.41. The Balaban J connectivity index is 1.82. The summed E-state index contributed by atoms with van der Waals surface area (Å²) < 4.78 is 0. The SMILES string of the molecule is CC1CC1C(=O)NCc1ccc(-c2nc(N(C)C)ncc2C(=O)N(C)C)cc1. The maximum atomic E-state index is 12.5. The summed E-state index contributed by atoms with van der Waals surface area (Å²) in [5.41, 5.74) is 2.90. The van der Waals surface area contributed by atoms with Crippen molar-refractivity contribution >= 4 is 17.8 Å². The second kappa shape index (κ2) is 7.96. The van der Waals surface area contributed by atoms with E-state index in [0.717, 1.165) is 17.5 Å². The number of hydrogen-bond acceptors (Lipinski definition) is 5. The third kappa shape index (κ3) is 4.30. The second-order valence-electron chi connectivity index (χ2n) is 7.76. The van der Waals surface area contributed by atoms with Crippen molar-refractivity contribution in [1.29, 1.82) is 0 Å². The predicted octanol–water partition coefficient (Wildman–Crippen LogP) is 2.18. The monoisotopic (exact) mass is 381 g/mol. The molecule has 1 saturated carbocycles. The number of carbonyl (C=O) groups excluding carboxylic acids is 2. The summed E-state index contributed by atoms with van der Waals surface area (Å²) in [5.74, 6) is 1.19. The van der Waals surface area contributed by atoms with Crippen LogP contribution in [0.1, 0.15) is 29.3 Å². The number of anilines is 1. The zero-order chi connectivity index (χ0) is 20.4. The maximum Gasteiger partial charge on any atom is 0.257 e. The minimum absolute atomic E-state index is 0.127. The lowest BCUT2D eigenvalue weighted by Crippen LogP contribution is -2.25. The number of rotatable bonds is 6. The summed E-state index contributed by atoms with van der Waals surface area (Å²) in [4.78, 5) is 36.7. The highest BCUT2D eigenvalue weighted by atomic mass is 16.2. The summed E-state index contributed by atoms with van der Waals surface area (Å²) in [6.07, 6.45) is 2.56. The molecule has 0 bridgehead atoms. The molecule has 0 radical (unpaired) electrons. The Hall–Kier alpha value is -2.96. The van der Waals surface area contributed by atoms with Crippen LogP contribution in [0.25, 0.3) is 11.3 Å². The fraction of sp³-hybridized carbons (Fsp3) is 0.429. The van der Waals surface area contributed by atoms with Crippen LogP contribution in [0.3, 0.4) is 0 Å². The molecule has 2 unspecified atom stereocenters. The minimum atomic E-state index is -0.143. The van der Waals surface area contributed by atoms with E-state index in [2.05, 4.69) is 22.2 Å². The summed E-state index contributed by atoms with van der Waals surface area (Å²) in [5, 5.41) is 2.99. The van der Waals surface area contributed by atoms with Gasteiger partial charge in [0.15, 0.2) is 0 Å². The number of aromatic nitrogens is 2. The van der Waals surface area contributed by atoms with Crippen LogP contribution < -0.4 is 10.2 Å². The van der Waals surface area contributed by atoms with Gasteiger partial charge in [-0.3, -0.25) is 9.59 Å². The van der Waals surface area contributed by atoms with Crippen LogP contribution in [0, 0.1) is 11.8 Å². The molecule has 7 heteroatoms. The molecule has 1 N–H and O–H groups in total. The van der Waals surface area contributed by atoms with Crippen molar-refractivity contribution in [2.75, 3.05) is 33.1 Å². The van der Waals surface area contributed by atoms with Gasteiger partial charge in [0.05, 0.1) is 11.3 Å². The van der Waals surface area contributed by atoms with Gasteiger partial charge in [-0.1, -0.05) is 31.2 Å². The van der Waals surface area contributed by atoms with Crippen molar-refractivity contribution in [2.45, 2.75) is 19.9 Å². The number of carbonyl (C=O) groups is 2. The molecule has 2 amide bonds. The zero-order valence-corrected chi connectivity index (χ0v) is 17.1. The summed E-state index contributed by atoms with van der Waals surface area (Å²) >= 11 is 0. The summed E-state index contributed by atoms with van der Waals surface area (Å²) in [6.45, 7) is 2.59. The van der Waals surface area contributed by atoms with Crippen molar-refractivity contribution in [1.82, 2.24) is 20.2 Å². The first-order chi connectivity index (χ1) is 13.3. The number of amides is 2. The molecule has 148 valence electrons.